The molecule has 1 saturated heterocycles. The molecule has 0 saturated carbocycles. The normalized spacial score (nSPS) is 16.7. The van der Waals surface area contributed by atoms with Crippen molar-refractivity contribution in [1.29, 1.82) is 0 Å². The number of piperazine rings is 1. The van der Waals surface area contributed by atoms with E-state index in [-0.39, 0.29) is 11.4 Å². The number of nitrogens with one attached hydrogen (secondary N) is 1. The van der Waals surface area contributed by atoms with Gasteiger partial charge in [0, 0.05) is 44.7 Å². The molecule has 0 spiro atoms. The Morgan fingerprint density at radius 3 is 2.42 bits per heavy atom. The first kappa shape index (κ1) is 20.9. The Bertz CT molecular complexity index is 589. The molecule has 1 fully saturated rings. The first-order valence-corrected chi connectivity index (χ1v) is 10.1. The summed E-state index contributed by atoms with van der Waals surface area (Å²) in [6, 6.07) is 6.59. The second-order valence-electron chi connectivity index (χ2n) is 8.28. The third-order valence-corrected chi connectivity index (χ3v) is 5.83. The standard InChI is InChI=1S/C22H37N3O/c1-6-24-12-14-25(15-13-24)22(4,5)17-23-21(26)9-7-8-20-11-10-18(2)19(3)16-20/h10-11,16H,6-9,12-15,17H2,1-5H3,(H,23,26). The number of hydrogen-bond donors (Lipinski definition) is 1. The molecular weight excluding hydrogens is 322 g/mol. The minimum Gasteiger partial charge on any atom is -0.354 e. The van der Waals surface area contributed by atoms with Crippen molar-refractivity contribution in [3.05, 3.63) is 34.9 Å². The minimum absolute atomic E-state index is 0.0174. The van der Waals surface area contributed by atoms with Crippen LogP contribution in [0.5, 0.6) is 0 Å². The molecule has 1 aromatic carbocycles. The van der Waals surface area contributed by atoms with E-state index in [9.17, 15) is 4.79 Å². The molecular formula is C22H37N3O. The summed E-state index contributed by atoms with van der Waals surface area (Å²) < 4.78 is 0. The number of rotatable bonds is 8. The van der Waals surface area contributed by atoms with E-state index in [1.54, 1.807) is 0 Å². The zero-order chi connectivity index (χ0) is 19.2. The highest BCUT2D eigenvalue weighted by molar-refractivity contribution is 5.75. The van der Waals surface area contributed by atoms with E-state index in [0.29, 0.717) is 6.42 Å². The molecule has 0 unspecified atom stereocenters. The number of aryl methyl sites for hydroxylation is 3. The van der Waals surface area contributed by atoms with E-state index in [1.807, 2.05) is 0 Å². The van der Waals surface area contributed by atoms with Gasteiger partial charge in [0.1, 0.15) is 0 Å². The van der Waals surface area contributed by atoms with Gasteiger partial charge in [0.15, 0.2) is 0 Å². The fourth-order valence-corrected chi connectivity index (χ4v) is 3.60. The van der Waals surface area contributed by atoms with Gasteiger partial charge in [-0.15, -0.1) is 0 Å². The van der Waals surface area contributed by atoms with Gasteiger partial charge >= 0.3 is 0 Å². The third-order valence-electron chi connectivity index (χ3n) is 5.83. The minimum atomic E-state index is 0.0174. The average molecular weight is 360 g/mol. The number of carbonyl (C=O) groups is 1. The number of benzene rings is 1. The maximum Gasteiger partial charge on any atom is 0.220 e. The number of carbonyl (C=O) groups excluding carboxylic acids is 1. The van der Waals surface area contributed by atoms with Gasteiger partial charge in [-0.25, -0.2) is 0 Å². The Balaban J connectivity index is 1.69. The van der Waals surface area contributed by atoms with Crippen LogP contribution in [0.2, 0.25) is 0 Å². The second kappa shape index (κ2) is 9.52. The molecule has 0 aromatic heterocycles. The summed E-state index contributed by atoms with van der Waals surface area (Å²) >= 11 is 0. The largest absolute Gasteiger partial charge is 0.354 e. The molecule has 0 atom stereocenters. The lowest BCUT2D eigenvalue weighted by Crippen LogP contribution is -2.58. The first-order valence-electron chi connectivity index (χ1n) is 10.1. The highest BCUT2D eigenvalue weighted by atomic mass is 16.1. The molecule has 1 amide bonds. The number of hydrogen-bond acceptors (Lipinski definition) is 3. The van der Waals surface area contributed by atoms with Gasteiger partial charge in [0.25, 0.3) is 0 Å². The molecule has 0 bridgehead atoms. The van der Waals surface area contributed by atoms with Gasteiger partial charge in [-0.2, -0.15) is 0 Å². The van der Waals surface area contributed by atoms with E-state index >= 15 is 0 Å². The maximum absolute atomic E-state index is 12.2. The van der Waals surface area contributed by atoms with Gasteiger partial charge in [0.05, 0.1) is 0 Å². The molecule has 4 heteroatoms. The highest BCUT2D eigenvalue weighted by Gasteiger charge is 2.29. The van der Waals surface area contributed by atoms with Crippen LogP contribution in [0.1, 0.15) is 50.3 Å². The molecule has 0 aliphatic carbocycles. The first-order chi connectivity index (χ1) is 12.3. The summed E-state index contributed by atoms with van der Waals surface area (Å²) in [5, 5.41) is 3.16. The van der Waals surface area contributed by atoms with Crippen LogP contribution < -0.4 is 5.32 Å². The lowest BCUT2D eigenvalue weighted by Gasteiger charge is -2.44. The van der Waals surface area contributed by atoms with Crippen molar-refractivity contribution in [2.75, 3.05) is 39.3 Å². The Kier molecular flexibility index (Phi) is 7.66. The van der Waals surface area contributed by atoms with Gasteiger partial charge < -0.3 is 10.2 Å². The van der Waals surface area contributed by atoms with Crippen molar-refractivity contribution >= 4 is 5.91 Å². The molecule has 4 nitrogen and oxygen atoms in total. The molecule has 1 aliphatic rings. The predicted octanol–water partition coefficient (Wildman–Crippen LogP) is 3.16. The SMILES string of the molecule is CCN1CCN(C(C)(C)CNC(=O)CCCc2ccc(C)c(C)c2)CC1. The van der Waals surface area contributed by atoms with E-state index in [2.05, 4.69) is 67.9 Å². The zero-order valence-electron chi connectivity index (χ0n) is 17.4. The van der Waals surface area contributed by atoms with Crippen molar-refractivity contribution in [3.63, 3.8) is 0 Å². The Morgan fingerprint density at radius 2 is 1.81 bits per heavy atom. The summed E-state index contributed by atoms with van der Waals surface area (Å²) in [6.45, 7) is 17.3. The van der Waals surface area contributed by atoms with Crippen LogP contribution in [0.15, 0.2) is 18.2 Å². The fraction of sp³-hybridized carbons (Fsp3) is 0.682. The summed E-state index contributed by atoms with van der Waals surface area (Å²) in [5.41, 5.74) is 4.00. The second-order valence-corrected chi connectivity index (χ2v) is 8.28. The number of amides is 1. The Morgan fingerprint density at radius 1 is 1.12 bits per heavy atom. The lowest BCUT2D eigenvalue weighted by molar-refractivity contribution is -0.121. The molecule has 146 valence electrons. The van der Waals surface area contributed by atoms with Crippen molar-refractivity contribution in [2.24, 2.45) is 0 Å². The van der Waals surface area contributed by atoms with E-state index in [0.717, 1.165) is 52.1 Å². The van der Waals surface area contributed by atoms with Crippen LogP contribution in [0, 0.1) is 13.8 Å². The van der Waals surface area contributed by atoms with Crippen LogP contribution in [-0.4, -0.2) is 60.5 Å². The molecule has 1 aromatic rings. The summed E-state index contributed by atoms with van der Waals surface area (Å²) in [6.07, 6.45) is 2.48. The van der Waals surface area contributed by atoms with Gasteiger partial charge in [-0.1, -0.05) is 25.1 Å². The monoisotopic (exact) mass is 359 g/mol. The van der Waals surface area contributed by atoms with E-state index < -0.39 is 0 Å². The van der Waals surface area contributed by atoms with Gasteiger partial charge in [0.2, 0.25) is 5.91 Å². The molecule has 2 rings (SSSR count). The number of likely N-dealkylation sites (N-methyl/N-ethyl adjacent to an activating group) is 1. The highest BCUT2D eigenvalue weighted by Crippen LogP contribution is 2.16. The van der Waals surface area contributed by atoms with Crippen LogP contribution in [0.3, 0.4) is 0 Å². The molecule has 1 aliphatic heterocycles. The van der Waals surface area contributed by atoms with E-state index in [4.69, 9.17) is 0 Å². The molecule has 1 heterocycles. The van der Waals surface area contributed by atoms with Crippen LogP contribution in [-0.2, 0) is 11.2 Å². The average Bonchev–Trinajstić information content (AvgIpc) is 2.63. The molecule has 1 N–H and O–H groups in total. The van der Waals surface area contributed by atoms with Gasteiger partial charge in [-0.05, 0) is 63.8 Å². The smallest absolute Gasteiger partial charge is 0.220 e. The van der Waals surface area contributed by atoms with Crippen molar-refractivity contribution in [2.45, 2.75) is 59.4 Å². The van der Waals surface area contributed by atoms with Crippen molar-refractivity contribution in [1.82, 2.24) is 15.1 Å². The molecule has 26 heavy (non-hydrogen) atoms. The zero-order valence-corrected chi connectivity index (χ0v) is 17.4. The van der Waals surface area contributed by atoms with Crippen LogP contribution >= 0.6 is 0 Å². The maximum atomic E-state index is 12.2. The van der Waals surface area contributed by atoms with Crippen LogP contribution in [0.25, 0.3) is 0 Å². The van der Waals surface area contributed by atoms with E-state index in [1.165, 1.54) is 16.7 Å². The van der Waals surface area contributed by atoms with Gasteiger partial charge in [-0.3, -0.25) is 9.69 Å². The summed E-state index contributed by atoms with van der Waals surface area (Å²) in [5.74, 6) is 0.175. The summed E-state index contributed by atoms with van der Waals surface area (Å²) in [7, 11) is 0. The predicted molar refractivity (Wildman–Crippen MR) is 110 cm³/mol. The topological polar surface area (TPSA) is 35.6 Å². The van der Waals surface area contributed by atoms with Crippen LogP contribution in [0.4, 0.5) is 0 Å². The molecule has 0 radical (unpaired) electrons. The van der Waals surface area contributed by atoms with Crippen molar-refractivity contribution in [3.8, 4) is 0 Å². The summed E-state index contributed by atoms with van der Waals surface area (Å²) in [4.78, 5) is 17.2. The Hall–Kier alpha value is -1.39. The Labute approximate surface area is 159 Å². The lowest BCUT2D eigenvalue weighted by atomic mass is 10.0. The van der Waals surface area contributed by atoms with Crippen molar-refractivity contribution < 1.29 is 4.79 Å². The number of nitrogens with zero attached hydrogens (tertiary/aromatic N) is 2. The third kappa shape index (κ3) is 6.10. The quantitative estimate of drug-likeness (QED) is 0.774. The fourth-order valence-electron chi connectivity index (χ4n) is 3.60.